The van der Waals surface area contributed by atoms with Crippen molar-refractivity contribution in [1.29, 1.82) is 0 Å². The largest absolute Gasteiger partial charge is 0.497 e. The fourth-order valence-electron chi connectivity index (χ4n) is 4.49. The van der Waals surface area contributed by atoms with E-state index in [9.17, 15) is 0 Å². The Morgan fingerprint density at radius 3 is 2.54 bits per heavy atom. The van der Waals surface area contributed by atoms with Crippen LogP contribution < -0.4 is 14.5 Å². The van der Waals surface area contributed by atoms with Crippen molar-refractivity contribution in [3.8, 4) is 5.75 Å². The Kier molecular flexibility index (Phi) is 4.59. The van der Waals surface area contributed by atoms with Crippen LogP contribution in [0.5, 0.6) is 5.75 Å². The maximum atomic E-state index is 5.30. The smallest absolute Gasteiger partial charge is 0.141 e. The van der Waals surface area contributed by atoms with Gasteiger partial charge >= 0.3 is 0 Å². The summed E-state index contributed by atoms with van der Waals surface area (Å²) < 4.78 is 5.30. The molecule has 0 saturated carbocycles. The van der Waals surface area contributed by atoms with Gasteiger partial charge in [-0.1, -0.05) is 0 Å². The minimum absolute atomic E-state index is 0.888. The van der Waals surface area contributed by atoms with Gasteiger partial charge in [0.1, 0.15) is 22.2 Å². The highest BCUT2D eigenvalue weighted by atomic mass is 32.1. The van der Waals surface area contributed by atoms with Crippen molar-refractivity contribution in [3.63, 3.8) is 0 Å². The summed E-state index contributed by atoms with van der Waals surface area (Å²) in [6.45, 7) is 6.13. The third kappa shape index (κ3) is 3.09. The minimum Gasteiger partial charge on any atom is -0.497 e. The Hall–Kier alpha value is -2.34. The average Bonchev–Trinajstić information content (AvgIpc) is 3.19. The second-order valence-electron chi connectivity index (χ2n) is 7.66. The predicted molar refractivity (Wildman–Crippen MR) is 116 cm³/mol. The third-order valence-corrected chi connectivity index (χ3v) is 7.08. The van der Waals surface area contributed by atoms with Gasteiger partial charge in [-0.3, -0.25) is 0 Å². The maximum absolute atomic E-state index is 5.30. The summed E-state index contributed by atoms with van der Waals surface area (Å²) in [6.07, 6.45) is 4.79. The molecular formula is C22H26N4OS. The molecule has 3 aromatic rings. The fourth-order valence-corrected chi connectivity index (χ4v) is 5.79. The van der Waals surface area contributed by atoms with Gasteiger partial charge in [-0.25, -0.2) is 9.97 Å². The SMILES string of the molecule is COc1ccc(N2CCCN(c3nc(C)nc4sc5c(c34)CCC5)CC2)cc1. The highest BCUT2D eigenvalue weighted by Gasteiger charge is 2.25. The molecule has 1 aliphatic carbocycles. The summed E-state index contributed by atoms with van der Waals surface area (Å²) >= 11 is 1.88. The number of hydrogen-bond acceptors (Lipinski definition) is 6. The molecule has 0 amide bonds. The lowest BCUT2D eigenvalue weighted by Crippen LogP contribution is -2.31. The van der Waals surface area contributed by atoms with Crippen LogP contribution in [0.1, 0.15) is 29.1 Å². The van der Waals surface area contributed by atoms with Crippen molar-refractivity contribution in [2.24, 2.45) is 0 Å². The average molecular weight is 395 g/mol. The molecule has 1 fully saturated rings. The number of fused-ring (bicyclic) bond motifs is 3. The molecule has 0 N–H and O–H groups in total. The highest BCUT2D eigenvalue weighted by molar-refractivity contribution is 7.19. The minimum atomic E-state index is 0.888. The van der Waals surface area contributed by atoms with Crippen LogP contribution in [-0.4, -0.2) is 43.3 Å². The van der Waals surface area contributed by atoms with E-state index in [2.05, 4.69) is 21.9 Å². The van der Waals surface area contributed by atoms with E-state index in [0.717, 1.165) is 44.2 Å². The van der Waals surface area contributed by atoms with Gasteiger partial charge in [0, 0.05) is 36.7 Å². The lowest BCUT2D eigenvalue weighted by Gasteiger charge is -2.25. The van der Waals surface area contributed by atoms with Gasteiger partial charge in [0.15, 0.2) is 0 Å². The van der Waals surface area contributed by atoms with Crippen LogP contribution in [0.15, 0.2) is 24.3 Å². The molecule has 5 rings (SSSR count). The lowest BCUT2D eigenvalue weighted by molar-refractivity contribution is 0.415. The zero-order valence-electron chi connectivity index (χ0n) is 16.6. The normalized spacial score (nSPS) is 17.1. The van der Waals surface area contributed by atoms with E-state index in [1.54, 1.807) is 7.11 Å². The van der Waals surface area contributed by atoms with Gasteiger partial charge in [-0.2, -0.15) is 0 Å². The fraction of sp³-hybridized carbons (Fsp3) is 0.455. The Morgan fingerprint density at radius 2 is 1.71 bits per heavy atom. The molecule has 0 bridgehead atoms. The van der Waals surface area contributed by atoms with Gasteiger partial charge < -0.3 is 14.5 Å². The van der Waals surface area contributed by atoms with E-state index in [1.807, 2.05) is 30.4 Å². The van der Waals surface area contributed by atoms with Crippen LogP contribution in [0.25, 0.3) is 10.2 Å². The van der Waals surface area contributed by atoms with Crippen LogP contribution in [0.4, 0.5) is 11.5 Å². The molecule has 0 spiro atoms. The van der Waals surface area contributed by atoms with Gasteiger partial charge in [0.2, 0.25) is 0 Å². The van der Waals surface area contributed by atoms with Crippen LogP contribution in [0, 0.1) is 6.92 Å². The van der Waals surface area contributed by atoms with E-state index < -0.39 is 0 Å². The summed E-state index contributed by atoms with van der Waals surface area (Å²) in [5.41, 5.74) is 2.79. The van der Waals surface area contributed by atoms with Gasteiger partial charge in [0.05, 0.1) is 12.5 Å². The van der Waals surface area contributed by atoms with Crippen molar-refractivity contribution in [2.45, 2.75) is 32.6 Å². The second kappa shape index (κ2) is 7.24. The molecule has 2 aliphatic rings. The van der Waals surface area contributed by atoms with Crippen molar-refractivity contribution in [3.05, 3.63) is 40.5 Å². The van der Waals surface area contributed by atoms with E-state index in [1.165, 1.54) is 51.4 Å². The quantitative estimate of drug-likeness (QED) is 0.665. The van der Waals surface area contributed by atoms with Crippen LogP contribution in [-0.2, 0) is 12.8 Å². The Balaban J connectivity index is 1.43. The standard InChI is InChI=1S/C22H26N4OS/c1-15-23-21(20-18-5-3-6-19(18)28-22(20)24-15)26-12-4-11-25(13-14-26)16-7-9-17(27-2)10-8-16/h7-10H,3-6,11-14H2,1-2H3. The number of rotatable bonds is 3. The number of methoxy groups -OCH3 is 1. The van der Waals surface area contributed by atoms with E-state index in [0.29, 0.717) is 0 Å². The Morgan fingerprint density at radius 1 is 0.929 bits per heavy atom. The number of nitrogens with zero attached hydrogens (tertiary/aromatic N) is 4. The molecule has 0 radical (unpaired) electrons. The number of aryl methyl sites for hydroxylation is 3. The Labute approximate surface area is 170 Å². The third-order valence-electron chi connectivity index (χ3n) is 5.89. The summed E-state index contributed by atoms with van der Waals surface area (Å²) in [4.78, 5) is 17.4. The summed E-state index contributed by atoms with van der Waals surface area (Å²) in [7, 11) is 1.71. The second-order valence-corrected chi connectivity index (χ2v) is 8.74. The van der Waals surface area contributed by atoms with Gasteiger partial charge in [-0.15, -0.1) is 11.3 Å². The van der Waals surface area contributed by atoms with Crippen molar-refractivity contribution in [2.75, 3.05) is 43.1 Å². The highest BCUT2D eigenvalue weighted by Crippen LogP contribution is 2.40. The first-order valence-corrected chi connectivity index (χ1v) is 11.0. The predicted octanol–water partition coefficient (Wildman–Crippen LogP) is 4.21. The van der Waals surface area contributed by atoms with Crippen molar-refractivity contribution < 1.29 is 4.74 Å². The van der Waals surface area contributed by atoms with Crippen molar-refractivity contribution in [1.82, 2.24) is 9.97 Å². The summed E-state index contributed by atoms with van der Waals surface area (Å²) in [5, 5.41) is 1.33. The van der Waals surface area contributed by atoms with E-state index in [4.69, 9.17) is 14.7 Å². The first-order valence-electron chi connectivity index (χ1n) is 10.2. The van der Waals surface area contributed by atoms with Crippen LogP contribution in [0.2, 0.25) is 0 Å². The molecular weight excluding hydrogens is 368 g/mol. The Bertz CT molecular complexity index is 998. The molecule has 0 atom stereocenters. The molecule has 3 heterocycles. The number of aromatic nitrogens is 2. The number of benzene rings is 1. The van der Waals surface area contributed by atoms with Gasteiger partial charge in [-0.05, 0) is 62.4 Å². The number of anilines is 2. The van der Waals surface area contributed by atoms with Crippen molar-refractivity contribution >= 4 is 33.1 Å². The summed E-state index contributed by atoms with van der Waals surface area (Å²) in [5.74, 6) is 2.96. The summed E-state index contributed by atoms with van der Waals surface area (Å²) in [6, 6.07) is 8.41. The molecule has 6 heteroatoms. The van der Waals surface area contributed by atoms with Crippen LogP contribution in [0.3, 0.4) is 0 Å². The monoisotopic (exact) mass is 394 g/mol. The molecule has 28 heavy (non-hydrogen) atoms. The zero-order chi connectivity index (χ0) is 19.1. The first kappa shape index (κ1) is 17.7. The zero-order valence-corrected chi connectivity index (χ0v) is 17.4. The molecule has 1 saturated heterocycles. The topological polar surface area (TPSA) is 41.5 Å². The first-order chi connectivity index (χ1) is 13.7. The molecule has 0 unspecified atom stereocenters. The van der Waals surface area contributed by atoms with E-state index in [-0.39, 0.29) is 0 Å². The lowest BCUT2D eigenvalue weighted by atomic mass is 10.1. The molecule has 2 aromatic heterocycles. The number of hydrogen-bond donors (Lipinski definition) is 0. The van der Waals surface area contributed by atoms with Crippen LogP contribution >= 0.6 is 11.3 Å². The molecule has 1 aromatic carbocycles. The number of thiophene rings is 1. The van der Waals surface area contributed by atoms with Gasteiger partial charge in [0.25, 0.3) is 0 Å². The number of ether oxygens (including phenoxy) is 1. The molecule has 5 nitrogen and oxygen atoms in total. The van der Waals surface area contributed by atoms with E-state index >= 15 is 0 Å². The molecule has 146 valence electrons. The maximum Gasteiger partial charge on any atom is 0.141 e. The molecule has 1 aliphatic heterocycles.